The summed E-state index contributed by atoms with van der Waals surface area (Å²) in [6.07, 6.45) is -4.22. The number of halogens is 4. The fourth-order valence-corrected chi connectivity index (χ4v) is 1.12. The third-order valence-electron chi connectivity index (χ3n) is 1.38. The number of hydrogen-bond acceptors (Lipinski definition) is 0. The maximum atomic E-state index is 12.1. The number of rotatable bonds is 1. The van der Waals surface area contributed by atoms with E-state index in [0.29, 0.717) is 0 Å². The highest BCUT2D eigenvalue weighted by atomic mass is 79.9. The minimum absolute atomic E-state index is 0. The van der Waals surface area contributed by atoms with Crippen molar-refractivity contribution in [3.63, 3.8) is 0 Å². The molecule has 1 aromatic rings. The van der Waals surface area contributed by atoms with Gasteiger partial charge in [-0.15, -0.1) is 15.8 Å². The van der Waals surface area contributed by atoms with E-state index in [1.54, 1.807) is 18.2 Å². The summed E-state index contributed by atoms with van der Waals surface area (Å²) in [4.78, 5) is 0. The molecule has 2 nitrogen and oxygen atoms in total. The normalized spacial score (nSPS) is 9.71. The van der Waals surface area contributed by atoms with Crippen LogP contribution in [0.1, 0.15) is 0 Å². The predicted octanol–water partition coefficient (Wildman–Crippen LogP) is 0.732. The van der Waals surface area contributed by atoms with E-state index in [0.717, 1.165) is 0 Å². The third-order valence-corrected chi connectivity index (χ3v) is 2.43. The molecule has 0 fully saturated rings. The topological polar surface area (TPSA) is 63.0 Å². The molecular weight excluding hydrogens is 264 g/mol. The average molecular weight is 273 g/mol. The summed E-state index contributed by atoms with van der Waals surface area (Å²) in [5, 5.41) is 0. The van der Waals surface area contributed by atoms with Crippen LogP contribution >= 0.6 is 15.8 Å². The van der Waals surface area contributed by atoms with Gasteiger partial charge in [0.2, 0.25) is 0 Å². The van der Waals surface area contributed by atoms with E-state index in [4.69, 9.17) is 0 Å². The predicted molar refractivity (Wildman–Crippen MR) is 54.0 cm³/mol. The molecule has 0 unspecified atom stereocenters. The Morgan fingerprint density at radius 3 is 1.79 bits per heavy atom. The van der Waals surface area contributed by atoms with E-state index >= 15 is 0 Å². The summed E-state index contributed by atoms with van der Waals surface area (Å²) in [5.74, 6) is 0. The highest BCUT2D eigenvalue weighted by Gasteiger charge is 2.42. The van der Waals surface area contributed by atoms with Crippen LogP contribution in [-0.4, -0.2) is 22.6 Å². The fraction of sp³-hybridized carbons (Fsp3) is 0.143. The first-order valence-electron chi connectivity index (χ1n) is 3.27. The van der Waals surface area contributed by atoms with E-state index in [-0.39, 0.29) is 16.4 Å². The molecule has 0 amide bonds. The lowest BCUT2D eigenvalue weighted by atomic mass is 9.69. The van der Waals surface area contributed by atoms with Gasteiger partial charge in [0.25, 0.3) is 0 Å². The minimum atomic E-state index is -4.22. The Morgan fingerprint density at radius 1 is 1.00 bits per heavy atom. The van der Waals surface area contributed by atoms with Gasteiger partial charge in [0.05, 0.1) is 0 Å². The fourth-order valence-electron chi connectivity index (χ4n) is 0.811. The lowest BCUT2D eigenvalue weighted by Gasteiger charge is -2.10. The van der Waals surface area contributed by atoms with Gasteiger partial charge in [-0.3, -0.25) is 0 Å². The molecule has 0 atom stereocenters. The van der Waals surface area contributed by atoms with Crippen molar-refractivity contribution in [1.29, 1.82) is 0 Å². The molecule has 0 saturated carbocycles. The summed E-state index contributed by atoms with van der Waals surface area (Å²) in [7, 11) is 0. The second-order valence-corrected chi connectivity index (χ2v) is 3.23. The van der Waals surface area contributed by atoms with E-state index in [1.165, 1.54) is 12.1 Å². The van der Waals surface area contributed by atoms with E-state index in [1.807, 2.05) is 0 Å². The maximum absolute atomic E-state index is 12.1. The molecule has 0 aliphatic heterocycles. The van der Waals surface area contributed by atoms with Crippen molar-refractivity contribution >= 4 is 26.8 Å². The van der Waals surface area contributed by atoms with Crippen LogP contribution in [0.2, 0.25) is 0 Å². The summed E-state index contributed by atoms with van der Waals surface area (Å²) in [6, 6.07) is 7.71. The largest absolute Gasteiger partial charge is 0.412 e. The molecule has 0 aromatic heterocycles. The van der Waals surface area contributed by atoms with Crippen molar-refractivity contribution in [2.75, 3.05) is 0 Å². The first-order chi connectivity index (χ1) is 5.52. The molecule has 7 heteroatoms. The molecule has 0 spiro atoms. The molecule has 0 aliphatic rings. The van der Waals surface area contributed by atoms with Crippen LogP contribution in [0.4, 0.5) is 13.2 Å². The van der Waals surface area contributed by atoms with Crippen molar-refractivity contribution in [2.24, 2.45) is 0 Å². The van der Waals surface area contributed by atoms with E-state index in [9.17, 15) is 13.2 Å². The lowest BCUT2D eigenvalue weighted by molar-refractivity contribution is -0.0466. The molecule has 4 N–H and O–H groups in total. The first kappa shape index (κ1) is 15.9. The first-order valence-corrected chi connectivity index (χ1v) is 4.19. The zero-order valence-electron chi connectivity index (χ0n) is 6.98. The van der Waals surface area contributed by atoms with E-state index in [2.05, 4.69) is 15.8 Å². The Kier molecular flexibility index (Phi) is 6.88. The SMILES string of the molecule is FC(F)(F)B(Br)c1ccccc1.O.O. The molecule has 80 valence electrons. The highest BCUT2D eigenvalue weighted by molar-refractivity contribution is 9.25. The van der Waals surface area contributed by atoms with Crippen LogP contribution in [0.15, 0.2) is 30.3 Å². The number of alkyl halides is 3. The Hall–Kier alpha value is -0.525. The van der Waals surface area contributed by atoms with Crippen molar-refractivity contribution in [2.45, 2.75) is 6.08 Å². The Balaban J connectivity index is 0. The second kappa shape index (κ2) is 6.05. The van der Waals surface area contributed by atoms with Crippen molar-refractivity contribution in [3.05, 3.63) is 30.3 Å². The summed E-state index contributed by atoms with van der Waals surface area (Å²) >= 11 is 2.58. The van der Waals surface area contributed by atoms with Crippen molar-refractivity contribution in [3.8, 4) is 0 Å². The third kappa shape index (κ3) is 4.12. The summed E-state index contributed by atoms with van der Waals surface area (Å²) in [5.41, 5.74) is -1.34. The van der Waals surface area contributed by atoms with Gasteiger partial charge in [0.15, 0.2) is 0 Å². The van der Waals surface area contributed by atoms with Crippen LogP contribution in [-0.2, 0) is 0 Å². The van der Waals surface area contributed by atoms with Gasteiger partial charge < -0.3 is 11.0 Å². The van der Waals surface area contributed by atoms with Gasteiger partial charge in [-0.05, 0) is 0 Å². The van der Waals surface area contributed by atoms with Crippen LogP contribution in [0, 0.1) is 0 Å². The van der Waals surface area contributed by atoms with Gasteiger partial charge in [-0.2, -0.15) is 13.2 Å². The van der Waals surface area contributed by atoms with Gasteiger partial charge >= 0.3 is 11.6 Å². The Labute approximate surface area is 87.8 Å². The van der Waals surface area contributed by atoms with Gasteiger partial charge in [0.1, 0.15) is 0 Å². The van der Waals surface area contributed by atoms with Gasteiger partial charge in [0, 0.05) is 0 Å². The Morgan fingerprint density at radius 2 is 1.43 bits per heavy atom. The van der Waals surface area contributed by atoms with Crippen LogP contribution in [0.25, 0.3) is 0 Å². The zero-order valence-corrected chi connectivity index (χ0v) is 8.56. The molecule has 0 saturated heterocycles. The smallest absolute Gasteiger partial charge is 0.381 e. The van der Waals surface area contributed by atoms with Crippen LogP contribution < -0.4 is 5.46 Å². The molecule has 0 aliphatic carbocycles. The standard InChI is InChI=1S/C7H5BBrF3.2H2O/c9-8(7(10,11)12)6-4-2-1-3-5-6;;/h1-5H;2*1H2. The minimum Gasteiger partial charge on any atom is -0.412 e. The van der Waals surface area contributed by atoms with Crippen molar-refractivity contribution in [1.82, 2.24) is 0 Å². The van der Waals surface area contributed by atoms with Gasteiger partial charge in [-0.1, -0.05) is 35.8 Å². The van der Waals surface area contributed by atoms with Crippen LogP contribution in [0.5, 0.6) is 0 Å². The summed E-state index contributed by atoms with van der Waals surface area (Å²) in [6.45, 7) is 0. The molecule has 0 bridgehead atoms. The lowest BCUT2D eigenvalue weighted by Crippen LogP contribution is -2.39. The maximum Gasteiger partial charge on any atom is 0.381 e. The molecule has 14 heavy (non-hydrogen) atoms. The average Bonchev–Trinajstić information content (AvgIpc) is 2.03. The van der Waals surface area contributed by atoms with Crippen molar-refractivity contribution < 1.29 is 24.1 Å². The zero-order chi connectivity index (χ0) is 9.19. The quantitative estimate of drug-likeness (QED) is 0.677. The molecular formula is C7H9BBrF3O2. The molecule has 0 heterocycles. The van der Waals surface area contributed by atoms with Crippen LogP contribution in [0.3, 0.4) is 0 Å². The molecule has 1 aromatic carbocycles. The number of benzene rings is 1. The Bertz CT molecular complexity index is 255. The number of hydrogen-bond donors (Lipinski definition) is 0. The molecule has 1 rings (SSSR count). The highest BCUT2D eigenvalue weighted by Crippen LogP contribution is 2.22. The monoisotopic (exact) mass is 272 g/mol. The molecule has 0 radical (unpaired) electrons. The van der Waals surface area contributed by atoms with Gasteiger partial charge in [-0.25, -0.2) is 0 Å². The van der Waals surface area contributed by atoms with E-state index < -0.39 is 11.6 Å². The summed E-state index contributed by atoms with van der Waals surface area (Å²) < 4.78 is 36.3. The second-order valence-electron chi connectivity index (χ2n) is 2.31.